The Bertz CT molecular complexity index is 263. The van der Waals surface area contributed by atoms with Gasteiger partial charge in [-0.3, -0.25) is 9.79 Å². The number of nitrogens with two attached hydrogens (primary N) is 1. The van der Waals surface area contributed by atoms with Crippen LogP contribution >= 0.6 is 11.8 Å². The molecule has 0 atom stereocenters. The third-order valence-electron chi connectivity index (χ3n) is 2.13. The summed E-state index contributed by atoms with van der Waals surface area (Å²) >= 11 is 1.75. The maximum atomic E-state index is 10.5. The van der Waals surface area contributed by atoms with Gasteiger partial charge in [0.15, 0.2) is 5.17 Å². The van der Waals surface area contributed by atoms with Crippen LogP contribution in [0.25, 0.3) is 0 Å². The molecular weight excluding hydrogens is 210 g/mol. The monoisotopic (exact) mass is 229 g/mol. The summed E-state index contributed by atoms with van der Waals surface area (Å²) in [6.45, 7) is 6.08. The Kier molecular flexibility index (Phi) is 4.45. The molecule has 0 aliphatic carbocycles. The molecule has 0 saturated carbocycles. The molecule has 0 radical (unpaired) electrons. The van der Waals surface area contributed by atoms with Gasteiger partial charge in [-0.25, -0.2) is 0 Å². The summed E-state index contributed by atoms with van der Waals surface area (Å²) in [6.07, 6.45) is 1.22. The first-order valence-corrected chi connectivity index (χ1v) is 6.18. The highest BCUT2D eigenvalue weighted by Crippen LogP contribution is 2.26. The molecule has 0 spiro atoms. The lowest BCUT2D eigenvalue weighted by Gasteiger charge is -2.27. The topological polar surface area (TPSA) is 67.5 Å². The van der Waals surface area contributed by atoms with Crippen LogP contribution in [0.4, 0.5) is 0 Å². The minimum atomic E-state index is -0.240. The Morgan fingerprint density at radius 3 is 2.93 bits per heavy atom. The molecule has 0 aromatic carbocycles. The van der Waals surface area contributed by atoms with Crippen LogP contribution in [-0.2, 0) is 4.79 Å². The number of thioether (sulfide) groups is 1. The zero-order chi connectivity index (χ0) is 11.3. The highest BCUT2D eigenvalue weighted by Gasteiger charge is 2.22. The number of carbonyl (C=O) groups excluding carboxylic acids is 1. The largest absolute Gasteiger partial charge is 0.370 e. The van der Waals surface area contributed by atoms with Crippen LogP contribution in [0.5, 0.6) is 0 Å². The summed E-state index contributed by atoms with van der Waals surface area (Å²) in [5.74, 6) is 0.852. The van der Waals surface area contributed by atoms with E-state index in [1.807, 2.05) is 0 Å². The summed E-state index contributed by atoms with van der Waals surface area (Å²) in [5, 5.41) is 4.22. The molecule has 0 bridgehead atoms. The van der Waals surface area contributed by atoms with Crippen LogP contribution in [0, 0.1) is 5.41 Å². The van der Waals surface area contributed by atoms with Crippen molar-refractivity contribution < 1.29 is 4.79 Å². The van der Waals surface area contributed by atoms with Gasteiger partial charge in [0, 0.05) is 25.3 Å². The number of aliphatic imine (C=N–C) groups is 1. The van der Waals surface area contributed by atoms with Crippen LogP contribution in [0.15, 0.2) is 4.99 Å². The molecule has 0 fully saturated rings. The summed E-state index contributed by atoms with van der Waals surface area (Å²) in [5.41, 5.74) is 5.35. The van der Waals surface area contributed by atoms with Crippen molar-refractivity contribution >= 4 is 22.8 Å². The van der Waals surface area contributed by atoms with E-state index in [2.05, 4.69) is 24.2 Å². The van der Waals surface area contributed by atoms with Gasteiger partial charge in [-0.05, 0) is 11.8 Å². The zero-order valence-corrected chi connectivity index (χ0v) is 10.2. The second-order valence-corrected chi connectivity index (χ2v) is 5.53. The number of nitrogens with zero attached hydrogens (tertiary/aromatic N) is 1. The second-order valence-electron chi connectivity index (χ2n) is 4.57. The van der Waals surface area contributed by atoms with E-state index in [9.17, 15) is 4.79 Å². The highest BCUT2D eigenvalue weighted by atomic mass is 32.2. The van der Waals surface area contributed by atoms with Crippen molar-refractivity contribution in [3.8, 4) is 0 Å². The lowest BCUT2D eigenvalue weighted by Crippen LogP contribution is -2.32. The number of amidine groups is 1. The first-order valence-electron chi connectivity index (χ1n) is 5.19. The summed E-state index contributed by atoms with van der Waals surface area (Å²) in [4.78, 5) is 14.9. The Morgan fingerprint density at radius 1 is 1.67 bits per heavy atom. The smallest absolute Gasteiger partial charge is 0.217 e. The molecule has 0 unspecified atom stereocenters. The molecule has 0 aromatic heterocycles. The van der Waals surface area contributed by atoms with Gasteiger partial charge in [-0.15, -0.1) is 0 Å². The number of primary amides is 1. The average Bonchev–Trinajstić information content (AvgIpc) is 2.14. The van der Waals surface area contributed by atoms with Gasteiger partial charge in [-0.1, -0.05) is 25.6 Å². The fourth-order valence-electron chi connectivity index (χ4n) is 1.21. The number of rotatable bonds is 4. The molecule has 15 heavy (non-hydrogen) atoms. The normalized spacial score (nSPS) is 19.5. The Labute approximate surface area is 95.1 Å². The molecular formula is C10H19N3OS. The quantitative estimate of drug-likeness (QED) is 0.706. The van der Waals surface area contributed by atoms with E-state index < -0.39 is 0 Å². The van der Waals surface area contributed by atoms with Crippen molar-refractivity contribution in [1.29, 1.82) is 0 Å². The number of hydrogen-bond acceptors (Lipinski definition) is 4. The average molecular weight is 229 g/mol. The summed E-state index contributed by atoms with van der Waals surface area (Å²) in [6, 6.07) is 0. The SMILES string of the molecule is CC1(C)CN=C(NCCCC(N)=O)SC1. The van der Waals surface area contributed by atoms with E-state index in [1.54, 1.807) is 11.8 Å². The molecule has 1 aliphatic heterocycles. The van der Waals surface area contributed by atoms with E-state index >= 15 is 0 Å². The fourth-order valence-corrected chi connectivity index (χ4v) is 2.18. The standard InChI is InChI=1S/C10H19N3OS/c1-10(2)6-13-9(15-7-10)12-5-3-4-8(11)14/h3-7H2,1-2H3,(H2,11,14)(H,12,13). The maximum absolute atomic E-state index is 10.5. The maximum Gasteiger partial charge on any atom is 0.217 e. The second kappa shape index (κ2) is 5.39. The van der Waals surface area contributed by atoms with E-state index in [-0.39, 0.29) is 5.91 Å². The van der Waals surface area contributed by atoms with Crippen molar-refractivity contribution in [2.45, 2.75) is 26.7 Å². The van der Waals surface area contributed by atoms with Gasteiger partial charge in [0.05, 0.1) is 0 Å². The molecule has 3 N–H and O–H groups in total. The van der Waals surface area contributed by atoms with E-state index in [4.69, 9.17) is 5.73 Å². The third kappa shape index (κ3) is 5.06. The lowest BCUT2D eigenvalue weighted by atomic mass is 9.97. The van der Waals surface area contributed by atoms with Gasteiger partial charge >= 0.3 is 0 Å². The Balaban J connectivity index is 2.18. The predicted octanol–water partition coefficient (Wildman–Crippen LogP) is 0.971. The minimum Gasteiger partial charge on any atom is -0.370 e. The predicted molar refractivity (Wildman–Crippen MR) is 65.0 cm³/mol. The fraction of sp³-hybridized carbons (Fsp3) is 0.800. The van der Waals surface area contributed by atoms with E-state index in [1.165, 1.54) is 0 Å². The molecule has 0 saturated heterocycles. The summed E-state index contributed by atoms with van der Waals surface area (Å²) < 4.78 is 0. The van der Waals surface area contributed by atoms with E-state index in [0.29, 0.717) is 11.8 Å². The first kappa shape index (κ1) is 12.4. The van der Waals surface area contributed by atoms with Crippen LogP contribution in [-0.4, -0.2) is 29.9 Å². The van der Waals surface area contributed by atoms with Gasteiger partial charge < -0.3 is 11.1 Å². The van der Waals surface area contributed by atoms with Crippen molar-refractivity contribution in [2.24, 2.45) is 16.1 Å². The number of amides is 1. The van der Waals surface area contributed by atoms with Gasteiger partial charge in [0.2, 0.25) is 5.91 Å². The van der Waals surface area contributed by atoms with Crippen LogP contribution < -0.4 is 11.1 Å². The number of carbonyl (C=O) groups is 1. The van der Waals surface area contributed by atoms with Crippen LogP contribution in [0.1, 0.15) is 26.7 Å². The minimum absolute atomic E-state index is 0.240. The third-order valence-corrected chi connectivity index (χ3v) is 3.60. The highest BCUT2D eigenvalue weighted by molar-refractivity contribution is 8.13. The zero-order valence-electron chi connectivity index (χ0n) is 9.38. The van der Waals surface area contributed by atoms with Crippen molar-refractivity contribution in [2.75, 3.05) is 18.8 Å². The van der Waals surface area contributed by atoms with Crippen LogP contribution in [0.3, 0.4) is 0 Å². The van der Waals surface area contributed by atoms with Gasteiger partial charge in [-0.2, -0.15) is 0 Å². The molecule has 5 heteroatoms. The molecule has 1 aliphatic rings. The molecule has 1 heterocycles. The summed E-state index contributed by atoms with van der Waals surface area (Å²) in [7, 11) is 0. The van der Waals surface area contributed by atoms with Crippen molar-refractivity contribution in [1.82, 2.24) is 5.32 Å². The van der Waals surface area contributed by atoms with Crippen molar-refractivity contribution in [3.63, 3.8) is 0 Å². The number of hydrogen-bond donors (Lipinski definition) is 2. The molecule has 1 rings (SSSR count). The molecule has 86 valence electrons. The Morgan fingerprint density at radius 2 is 2.40 bits per heavy atom. The Hall–Kier alpha value is -0.710. The van der Waals surface area contributed by atoms with Crippen molar-refractivity contribution in [3.05, 3.63) is 0 Å². The van der Waals surface area contributed by atoms with Gasteiger partial charge in [0.25, 0.3) is 0 Å². The van der Waals surface area contributed by atoms with Gasteiger partial charge in [0.1, 0.15) is 0 Å². The molecule has 1 amide bonds. The first-order chi connectivity index (χ1) is 6.99. The van der Waals surface area contributed by atoms with E-state index in [0.717, 1.165) is 30.4 Å². The lowest BCUT2D eigenvalue weighted by molar-refractivity contribution is -0.118. The van der Waals surface area contributed by atoms with Crippen LogP contribution in [0.2, 0.25) is 0 Å². The molecule has 0 aromatic rings. The molecule has 4 nitrogen and oxygen atoms in total. The number of nitrogens with one attached hydrogen (secondary N) is 1.